The van der Waals surface area contributed by atoms with E-state index in [4.69, 9.17) is 0 Å². The van der Waals surface area contributed by atoms with Gasteiger partial charge in [0.25, 0.3) is 0 Å². The zero-order valence-electron chi connectivity index (χ0n) is 16.2. The smallest absolute Gasteiger partial charge is 0.338 e. The van der Waals surface area contributed by atoms with Crippen LogP contribution in [0.5, 0.6) is 0 Å². The third kappa shape index (κ3) is 3.49. The van der Waals surface area contributed by atoms with E-state index in [-0.39, 0.29) is 18.1 Å². The van der Waals surface area contributed by atoms with Gasteiger partial charge >= 0.3 is 5.69 Å². The molecule has 0 saturated carbocycles. The number of hydrogen-bond acceptors (Lipinski definition) is 4. The van der Waals surface area contributed by atoms with Crippen LogP contribution in [0.4, 0.5) is 0 Å². The van der Waals surface area contributed by atoms with Crippen LogP contribution < -0.4 is 5.69 Å². The second-order valence-corrected chi connectivity index (χ2v) is 7.29. The van der Waals surface area contributed by atoms with Gasteiger partial charge in [-0.1, -0.05) is 30.3 Å². The number of aryl methyl sites for hydroxylation is 2. The van der Waals surface area contributed by atoms with Crippen molar-refractivity contribution < 1.29 is 4.79 Å². The molecule has 1 N–H and O–H groups in total. The molecule has 0 bridgehead atoms. The summed E-state index contributed by atoms with van der Waals surface area (Å²) in [7, 11) is 1.73. The summed E-state index contributed by atoms with van der Waals surface area (Å²) in [6, 6.07) is 9.73. The highest BCUT2D eigenvalue weighted by molar-refractivity contribution is 5.75. The number of carbonyl (C=O) groups is 1. The van der Waals surface area contributed by atoms with Crippen molar-refractivity contribution in [3.8, 4) is 0 Å². The quantitative estimate of drug-likeness (QED) is 0.698. The van der Waals surface area contributed by atoms with Gasteiger partial charge in [0.2, 0.25) is 5.91 Å². The van der Waals surface area contributed by atoms with Crippen molar-refractivity contribution in [3.63, 3.8) is 0 Å². The molecular formula is C20H24N6O2. The van der Waals surface area contributed by atoms with Gasteiger partial charge in [0.15, 0.2) is 0 Å². The number of nitrogens with one attached hydrogen (secondary N) is 1. The van der Waals surface area contributed by atoms with Gasteiger partial charge in [-0.3, -0.25) is 14.5 Å². The number of aromatic nitrogens is 5. The molecule has 0 aliphatic heterocycles. The molecule has 8 nitrogen and oxygen atoms in total. The van der Waals surface area contributed by atoms with Crippen LogP contribution in [-0.4, -0.2) is 42.4 Å². The Bertz CT molecular complexity index is 1050. The lowest BCUT2D eigenvalue weighted by Gasteiger charge is -2.16. The average Bonchev–Trinajstić information content (AvgIpc) is 3.36. The second kappa shape index (κ2) is 7.46. The van der Waals surface area contributed by atoms with E-state index in [1.807, 2.05) is 30.3 Å². The van der Waals surface area contributed by atoms with Gasteiger partial charge in [-0.05, 0) is 37.3 Å². The maximum atomic E-state index is 12.7. The minimum Gasteiger partial charge on any atom is -0.338 e. The normalized spacial score (nSPS) is 12.9. The molecule has 0 fully saturated rings. The molecule has 0 unspecified atom stereocenters. The number of likely N-dealkylation sites (N-methyl/N-ethyl adjacent to an activating group) is 1. The molecule has 3 aromatic rings. The third-order valence-electron chi connectivity index (χ3n) is 5.28. The van der Waals surface area contributed by atoms with Gasteiger partial charge in [0.05, 0.1) is 18.8 Å². The SMILES string of the molecule is Cc1nn(CC(=O)N(C)Cc2n[nH]c3c2CCC3)c(=O)n1Cc1ccccc1. The Kier molecular flexibility index (Phi) is 4.85. The standard InChI is InChI=1S/C20H24N6O2/c1-14-23-26(20(28)25(14)11-15-7-4-3-5-8-15)13-19(27)24(2)12-18-16-9-6-10-17(16)21-22-18/h3-5,7-8H,6,9-13H2,1-2H3,(H,21,22). The van der Waals surface area contributed by atoms with Crippen molar-refractivity contribution in [1.29, 1.82) is 0 Å². The largest absolute Gasteiger partial charge is 0.346 e. The van der Waals surface area contributed by atoms with Crippen LogP contribution in [0.1, 0.15) is 34.8 Å². The molecule has 146 valence electrons. The molecule has 0 saturated heterocycles. The summed E-state index contributed by atoms with van der Waals surface area (Å²) in [5.41, 5.74) is 4.08. The Balaban J connectivity index is 1.45. The first-order chi connectivity index (χ1) is 13.5. The van der Waals surface area contributed by atoms with Crippen molar-refractivity contribution in [3.05, 3.63) is 69.2 Å². The lowest BCUT2D eigenvalue weighted by atomic mass is 10.2. The second-order valence-electron chi connectivity index (χ2n) is 7.29. The summed E-state index contributed by atoms with van der Waals surface area (Å²) in [5.74, 6) is 0.427. The van der Waals surface area contributed by atoms with Gasteiger partial charge in [0.1, 0.15) is 12.4 Å². The number of nitrogens with zero attached hydrogens (tertiary/aromatic N) is 5. The van der Waals surface area contributed by atoms with E-state index in [1.54, 1.807) is 23.4 Å². The summed E-state index contributed by atoms with van der Waals surface area (Å²) in [4.78, 5) is 27.0. The van der Waals surface area contributed by atoms with Crippen LogP contribution in [0.25, 0.3) is 0 Å². The number of amides is 1. The molecule has 2 heterocycles. The van der Waals surface area contributed by atoms with Gasteiger partial charge in [-0.25, -0.2) is 9.48 Å². The topological polar surface area (TPSA) is 88.8 Å². The minimum atomic E-state index is -0.274. The van der Waals surface area contributed by atoms with Crippen LogP contribution in [0.2, 0.25) is 0 Å². The van der Waals surface area contributed by atoms with E-state index >= 15 is 0 Å². The van der Waals surface area contributed by atoms with E-state index in [0.29, 0.717) is 18.9 Å². The fraction of sp³-hybridized carbons (Fsp3) is 0.400. The summed E-state index contributed by atoms with van der Waals surface area (Å²) in [5, 5.41) is 11.7. The van der Waals surface area contributed by atoms with Crippen LogP contribution in [0.15, 0.2) is 35.1 Å². The van der Waals surface area contributed by atoms with Gasteiger partial charge in [-0.2, -0.15) is 10.2 Å². The summed E-state index contributed by atoms with van der Waals surface area (Å²) < 4.78 is 2.83. The maximum absolute atomic E-state index is 12.7. The third-order valence-corrected chi connectivity index (χ3v) is 5.28. The Hall–Kier alpha value is -3.16. The lowest BCUT2D eigenvalue weighted by molar-refractivity contribution is -0.131. The predicted molar refractivity (Wildman–Crippen MR) is 104 cm³/mol. The highest BCUT2D eigenvalue weighted by Crippen LogP contribution is 2.23. The van der Waals surface area contributed by atoms with Crippen molar-refractivity contribution in [2.24, 2.45) is 0 Å². The minimum absolute atomic E-state index is 0.0788. The molecule has 0 spiro atoms. The Morgan fingerprint density at radius 1 is 1.25 bits per heavy atom. The average molecular weight is 380 g/mol. The molecule has 1 aliphatic rings. The molecule has 4 rings (SSSR count). The zero-order chi connectivity index (χ0) is 19.7. The van der Waals surface area contributed by atoms with E-state index in [0.717, 1.165) is 30.5 Å². The molecule has 28 heavy (non-hydrogen) atoms. The number of carbonyl (C=O) groups excluding carboxylic acids is 1. The number of aromatic amines is 1. The first kappa shape index (κ1) is 18.2. The first-order valence-corrected chi connectivity index (χ1v) is 9.50. The predicted octanol–water partition coefficient (Wildman–Crippen LogP) is 1.27. The molecule has 1 amide bonds. The molecule has 1 aromatic carbocycles. The van der Waals surface area contributed by atoms with Crippen LogP contribution in [-0.2, 0) is 37.3 Å². The number of fused-ring (bicyclic) bond motifs is 1. The molecular weight excluding hydrogens is 356 g/mol. The maximum Gasteiger partial charge on any atom is 0.346 e. The van der Waals surface area contributed by atoms with Crippen molar-refractivity contribution in [1.82, 2.24) is 29.4 Å². The van der Waals surface area contributed by atoms with Crippen molar-refractivity contribution in [2.75, 3.05) is 7.05 Å². The van der Waals surface area contributed by atoms with E-state index < -0.39 is 0 Å². The molecule has 0 atom stereocenters. The number of hydrogen-bond donors (Lipinski definition) is 1. The van der Waals surface area contributed by atoms with Crippen LogP contribution >= 0.6 is 0 Å². The molecule has 8 heteroatoms. The highest BCUT2D eigenvalue weighted by Gasteiger charge is 2.21. The monoisotopic (exact) mass is 380 g/mol. The Morgan fingerprint density at radius 3 is 2.82 bits per heavy atom. The lowest BCUT2D eigenvalue weighted by Crippen LogP contribution is -2.35. The Labute approximate surface area is 162 Å². The number of rotatable bonds is 6. The number of H-pyrrole nitrogens is 1. The first-order valence-electron chi connectivity index (χ1n) is 9.50. The molecule has 0 radical (unpaired) electrons. The summed E-state index contributed by atoms with van der Waals surface area (Å²) in [6.45, 7) is 2.57. The van der Waals surface area contributed by atoms with E-state index in [1.165, 1.54) is 15.9 Å². The highest BCUT2D eigenvalue weighted by atomic mass is 16.2. The fourth-order valence-corrected chi connectivity index (χ4v) is 3.68. The summed E-state index contributed by atoms with van der Waals surface area (Å²) >= 11 is 0. The van der Waals surface area contributed by atoms with Crippen LogP contribution in [0.3, 0.4) is 0 Å². The van der Waals surface area contributed by atoms with Crippen LogP contribution in [0, 0.1) is 6.92 Å². The summed E-state index contributed by atoms with van der Waals surface area (Å²) in [6.07, 6.45) is 3.15. The van der Waals surface area contributed by atoms with Crippen molar-refractivity contribution >= 4 is 5.91 Å². The van der Waals surface area contributed by atoms with E-state index in [2.05, 4.69) is 15.3 Å². The van der Waals surface area contributed by atoms with Gasteiger partial charge in [0, 0.05) is 12.7 Å². The van der Waals surface area contributed by atoms with Crippen molar-refractivity contribution in [2.45, 2.75) is 45.8 Å². The fourth-order valence-electron chi connectivity index (χ4n) is 3.68. The zero-order valence-corrected chi connectivity index (χ0v) is 16.2. The van der Waals surface area contributed by atoms with Gasteiger partial charge in [-0.15, -0.1) is 0 Å². The molecule has 2 aromatic heterocycles. The van der Waals surface area contributed by atoms with Gasteiger partial charge < -0.3 is 4.90 Å². The Morgan fingerprint density at radius 2 is 2.04 bits per heavy atom. The molecule has 1 aliphatic carbocycles. The number of benzene rings is 1. The van der Waals surface area contributed by atoms with E-state index in [9.17, 15) is 9.59 Å².